The standard InChI is InChI=1S/C10H16BrNO4S/c1-6(13)12-7(5-9(15)16)10(17)8(14)3-2-4-11/h7-8,14H,2-5H2,1H3,(H,12,13)(H,15,16). The van der Waals surface area contributed by atoms with E-state index in [4.69, 9.17) is 17.3 Å². The van der Waals surface area contributed by atoms with Crippen molar-refractivity contribution in [3.8, 4) is 0 Å². The molecule has 0 aromatic rings. The van der Waals surface area contributed by atoms with Crippen molar-refractivity contribution in [2.45, 2.75) is 38.3 Å². The number of aliphatic hydroxyl groups is 1. The molecule has 0 aromatic heterocycles. The average Bonchev–Trinajstić information content (AvgIpc) is 2.22. The van der Waals surface area contributed by atoms with E-state index in [-0.39, 0.29) is 17.2 Å². The number of aliphatic hydroxyl groups excluding tert-OH is 1. The minimum absolute atomic E-state index is 0.170. The molecule has 0 fully saturated rings. The summed E-state index contributed by atoms with van der Waals surface area (Å²) < 4.78 is 0. The van der Waals surface area contributed by atoms with Crippen LogP contribution in [0.5, 0.6) is 0 Å². The molecular weight excluding hydrogens is 310 g/mol. The molecule has 2 atom stereocenters. The zero-order chi connectivity index (χ0) is 13.4. The molecule has 0 aliphatic carbocycles. The number of hydrogen-bond donors (Lipinski definition) is 3. The number of nitrogens with one attached hydrogen (secondary N) is 1. The first-order valence-electron chi connectivity index (χ1n) is 5.15. The molecule has 0 aliphatic rings. The van der Waals surface area contributed by atoms with E-state index in [1.807, 2.05) is 0 Å². The van der Waals surface area contributed by atoms with Crippen LogP contribution in [0.25, 0.3) is 0 Å². The monoisotopic (exact) mass is 325 g/mol. The fourth-order valence-electron chi connectivity index (χ4n) is 1.29. The summed E-state index contributed by atoms with van der Waals surface area (Å²) in [6.45, 7) is 1.28. The molecule has 0 saturated heterocycles. The second kappa shape index (κ2) is 8.54. The van der Waals surface area contributed by atoms with Crippen molar-refractivity contribution < 1.29 is 19.8 Å². The first kappa shape index (κ1) is 16.5. The number of rotatable bonds is 8. The van der Waals surface area contributed by atoms with Gasteiger partial charge in [-0.05, 0) is 12.8 Å². The largest absolute Gasteiger partial charge is 0.481 e. The predicted octanol–water partition coefficient (Wildman–Crippen LogP) is 0.872. The van der Waals surface area contributed by atoms with Crippen molar-refractivity contribution in [2.24, 2.45) is 0 Å². The number of aliphatic carboxylic acids is 1. The highest BCUT2D eigenvalue weighted by molar-refractivity contribution is 9.09. The molecule has 0 aromatic carbocycles. The molecule has 0 spiro atoms. The SMILES string of the molecule is CC(=O)NC(CC(=O)O)C(=S)C(O)CCCBr. The van der Waals surface area contributed by atoms with Crippen molar-refractivity contribution in [2.75, 3.05) is 5.33 Å². The van der Waals surface area contributed by atoms with Crippen LogP contribution < -0.4 is 5.32 Å². The Bertz CT molecular complexity index is 282. The summed E-state index contributed by atoms with van der Waals surface area (Å²) in [5.41, 5.74) is 0. The fraction of sp³-hybridized carbons (Fsp3) is 0.700. The summed E-state index contributed by atoms with van der Waals surface area (Å²) in [5.74, 6) is -1.44. The molecule has 17 heavy (non-hydrogen) atoms. The summed E-state index contributed by atoms with van der Waals surface area (Å²) in [6, 6.07) is -0.801. The van der Waals surface area contributed by atoms with Crippen LogP contribution in [0.1, 0.15) is 26.2 Å². The van der Waals surface area contributed by atoms with E-state index in [0.717, 1.165) is 11.8 Å². The smallest absolute Gasteiger partial charge is 0.305 e. The minimum Gasteiger partial charge on any atom is -0.481 e. The van der Waals surface area contributed by atoms with Crippen LogP contribution in [0.4, 0.5) is 0 Å². The number of hydrogen-bond acceptors (Lipinski definition) is 4. The van der Waals surface area contributed by atoms with Crippen molar-refractivity contribution >= 4 is 44.9 Å². The van der Waals surface area contributed by atoms with E-state index in [1.165, 1.54) is 6.92 Å². The number of thiocarbonyl (C=S) groups is 1. The van der Waals surface area contributed by atoms with Crippen LogP contribution >= 0.6 is 28.1 Å². The Morgan fingerprint density at radius 1 is 1.47 bits per heavy atom. The molecule has 2 unspecified atom stereocenters. The van der Waals surface area contributed by atoms with Gasteiger partial charge in [0.2, 0.25) is 5.91 Å². The number of carboxylic acid groups (broad SMARTS) is 1. The fourth-order valence-corrected chi connectivity index (χ4v) is 1.87. The van der Waals surface area contributed by atoms with Crippen LogP contribution in [-0.4, -0.2) is 44.4 Å². The van der Waals surface area contributed by atoms with Crippen LogP contribution in [-0.2, 0) is 9.59 Å². The third-order valence-electron chi connectivity index (χ3n) is 2.04. The lowest BCUT2D eigenvalue weighted by atomic mass is 10.0. The zero-order valence-electron chi connectivity index (χ0n) is 9.48. The maximum Gasteiger partial charge on any atom is 0.305 e. The lowest BCUT2D eigenvalue weighted by Gasteiger charge is -2.21. The van der Waals surface area contributed by atoms with Gasteiger partial charge in [-0.2, -0.15) is 0 Å². The molecule has 1 amide bonds. The Balaban J connectivity index is 4.49. The summed E-state index contributed by atoms with van der Waals surface area (Å²) in [6.07, 6.45) is -0.0242. The number of carbonyl (C=O) groups is 2. The molecule has 0 rings (SSSR count). The summed E-state index contributed by atoms with van der Waals surface area (Å²) in [7, 11) is 0. The molecule has 0 aliphatic heterocycles. The van der Waals surface area contributed by atoms with Gasteiger partial charge in [0.25, 0.3) is 0 Å². The third-order valence-corrected chi connectivity index (χ3v) is 3.16. The second-order valence-corrected chi connectivity index (χ2v) is 4.86. The van der Waals surface area contributed by atoms with Crippen LogP contribution in [0.2, 0.25) is 0 Å². The maximum atomic E-state index is 10.9. The molecule has 5 nitrogen and oxygen atoms in total. The summed E-state index contributed by atoms with van der Waals surface area (Å²) in [4.78, 5) is 21.7. The van der Waals surface area contributed by atoms with Crippen molar-refractivity contribution in [1.29, 1.82) is 0 Å². The van der Waals surface area contributed by atoms with Crippen molar-refractivity contribution in [3.63, 3.8) is 0 Å². The molecule has 0 radical (unpaired) electrons. The van der Waals surface area contributed by atoms with Crippen LogP contribution in [0.3, 0.4) is 0 Å². The Morgan fingerprint density at radius 2 is 2.06 bits per heavy atom. The van der Waals surface area contributed by atoms with Gasteiger partial charge in [0, 0.05) is 17.1 Å². The van der Waals surface area contributed by atoms with Gasteiger partial charge in [0.15, 0.2) is 0 Å². The average molecular weight is 326 g/mol. The van der Waals surface area contributed by atoms with E-state index >= 15 is 0 Å². The Kier molecular flexibility index (Phi) is 8.28. The van der Waals surface area contributed by atoms with E-state index in [1.54, 1.807) is 0 Å². The van der Waals surface area contributed by atoms with E-state index < -0.39 is 18.1 Å². The molecule has 3 N–H and O–H groups in total. The van der Waals surface area contributed by atoms with Crippen molar-refractivity contribution in [1.82, 2.24) is 5.32 Å². The molecule has 0 heterocycles. The highest BCUT2D eigenvalue weighted by atomic mass is 79.9. The highest BCUT2D eigenvalue weighted by Gasteiger charge is 2.24. The number of halogens is 1. The lowest BCUT2D eigenvalue weighted by molar-refractivity contribution is -0.137. The molecule has 0 saturated carbocycles. The maximum absolute atomic E-state index is 10.9. The number of carboxylic acids is 1. The zero-order valence-corrected chi connectivity index (χ0v) is 11.9. The van der Waals surface area contributed by atoms with E-state index in [2.05, 4.69) is 21.2 Å². The first-order valence-corrected chi connectivity index (χ1v) is 6.68. The van der Waals surface area contributed by atoms with Crippen LogP contribution in [0, 0.1) is 0 Å². The number of alkyl halides is 1. The number of amides is 1. The van der Waals surface area contributed by atoms with Gasteiger partial charge < -0.3 is 15.5 Å². The Hall–Kier alpha value is -0.530. The van der Waals surface area contributed by atoms with Gasteiger partial charge in [-0.3, -0.25) is 9.59 Å². The molecule has 0 bridgehead atoms. The topological polar surface area (TPSA) is 86.6 Å². The van der Waals surface area contributed by atoms with Gasteiger partial charge in [-0.15, -0.1) is 0 Å². The third kappa shape index (κ3) is 7.40. The van der Waals surface area contributed by atoms with Crippen molar-refractivity contribution in [3.05, 3.63) is 0 Å². The second-order valence-electron chi connectivity index (χ2n) is 3.60. The molecular formula is C10H16BrNO4S. The first-order chi connectivity index (χ1) is 7.88. The van der Waals surface area contributed by atoms with Gasteiger partial charge >= 0.3 is 5.97 Å². The van der Waals surface area contributed by atoms with Gasteiger partial charge in [-0.1, -0.05) is 28.1 Å². The van der Waals surface area contributed by atoms with Gasteiger partial charge in [0.05, 0.1) is 18.6 Å². The van der Waals surface area contributed by atoms with Gasteiger partial charge in [-0.25, -0.2) is 0 Å². The molecule has 7 heteroatoms. The Morgan fingerprint density at radius 3 is 2.47 bits per heavy atom. The minimum atomic E-state index is -1.07. The highest BCUT2D eigenvalue weighted by Crippen LogP contribution is 2.08. The van der Waals surface area contributed by atoms with E-state index in [0.29, 0.717) is 6.42 Å². The van der Waals surface area contributed by atoms with Gasteiger partial charge in [0.1, 0.15) is 0 Å². The number of carbonyl (C=O) groups excluding carboxylic acids is 1. The van der Waals surface area contributed by atoms with E-state index in [9.17, 15) is 14.7 Å². The molecule has 98 valence electrons. The lowest BCUT2D eigenvalue weighted by Crippen LogP contribution is -2.44. The Labute approximate surface area is 114 Å². The van der Waals surface area contributed by atoms with Crippen LogP contribution in [0.15, 0.2) is 0 Å². The summed E-state index contributed by atoms with van der Waals surface area (Å²) in [5, 5.41) is 21.6. The quantitative estimate of drug-likeness (QED) is 0.455. The summed E-state index contributed by atoms with van der Waals surface area (Å²) >= 11 is 8.23. The normalized spacial score (nSPS) is 13.8. The predicted molar refractivity (Wildman–Crippen MR) is 71.5 cm³/mol.